The van der Waals surface area contributed by atoms with Gasteiger partial charge in [0.05, 0.1) is 5.69 Å². The third-order valence-corrected chi connectivity index (χ3v) is 2.38. The van der Waals surface area contributed by atoms with Gasteiger partial charge in [0.1, 0.15) is 0 Å². The molecule has 0 radical (unpaired) electrons. The Kier molecular flexibility index (Phi) is 3.55. The fourth-order valence-corrected chi connectivity index (χ4v) is 1.50. The van der Waals surface area contributed by atoms with Gasteiger partial charge >= 0.3 is 0 Å². The molecule has 0 saturated heterocycles. The number of nitrogens with zero attached hydrogens (tertiary/aromatic N) is 2. The number of rotatable bonds is 4. The molecule has 1 aromatic carbocycles. The zero-order valence-corrected chi connectivity index (χ0v) is 9.76. The predicted molar refractivity (Wildman–Crippen MR) is 66.2 cm³/mol. The molecule has 0 atom stereocenters. The fourth-order valence-electron chi connectivity index (χ4n) is 1.50. The van der Waals surface area contributed by atoms with Crippen LogP contribution in [0, 0.1) is 0 Å². The molecule has 0 saturated carbocycles. The van der Waals surface area contributed by atoms with Crippen LogP contribution in [-0.2, 0) is 0 Å². The quantitative estimate of drug-likeness (QED) is 0.871. The van der Waals surface area contributed by atoms with E-state index >= 15 is 0 Å². The summed E-state index contributed by atoms with van der Waals surface area (Å²) in [4.78, 5) is 11.7. The van der Waals surface area contributed by atoms with Gasteiger partial charge in [0.25, 0.3) is 5.91 Å². The Morgan fingerprint density at radius 3 is 2.76 bits per heavy atom. The first-order chi connectivity index (χ1) is 8.31. The lowest BCUT2D eigenvalue weighted by Crippen LogP contribution is -2.24. The second-order valence-corrected chi connectivity index (χ2v) is 3.74. The summed E-state index contributed by atoms with van der Waals surface area (Å²) in [6.45, 7) is 2.69. The van der Waals surface area contributed by atoms with Crippen LogP contribution >= 0.6 is 0 Å². The number of carbonyl (C=O) groups excluding carboxylic acids is 1. The minimum Gasteiger partial charge on any atom is -0.351 e. The second kappa shape index (κ2) is 5.30. The van der Waals surface area contributed by atoms with Crippen molar-refractivity contribution >= 4 is 5.91 Å². The highest BCUT2D eigenvalue weighted by Gasteiger charge is 2.08. The van der Waals surface area contributed by atoms with Crippen molar-refractivity contribution in [3.8, 4) is 5.69 Å². The molecular formula is C13H15N3O. The number of hydrogen-bond acceptors (Lipinski definition) is 2. The van der Waals surface area contributed by atoms with Gasteiger partial charge in [-0.2, -0.15) is 5.10 Å². The molecule has 4 heteroatoms. The normalized spacial score (nSPS) is 10.2. The molecule has 0 spiro atoms. The van der Waals surface area contributed by atoms with Gasteiger partial charge < -0.3 is 5.32 Å². The highest BCUT2D eigenvalue weighted by molar-refractivity contribution is 5.92. The molecule has 1 heterocycles. The van der Waals surface area contributed by atoms with Crippen LogP contribution in [0.4, 0.5) is 0 Å². The summed E-state index contributed by atoms with van der Waals surface area (Å²) in [5.41, 5.74) is 1.39. The molecule has 1 amide bonds. The third-order valence-electron chi connectivity index (χ3n) is 2.38. The smallest absolute Gasteiger partial charge is 0.271 e. The number of nitrogens with one attached hydrogen (secondary N) is 1. The topological polar surface area (TPSA) is 46.9 Å². The second-order valence-electron chi connectivity index (χ2n) is 3.74. The number of benzene rings is 1. The predicted octanol–water partition coefficient (Wildman–Crippen LogP) is 2.01. The van der Waals surface area contributed by atoms with E-state index in [4.69, 9.17) is 0 Å². The molecule has 0 aliphatic rings. The van der Waals surface area contributed by atoms with Crippen LogP contribution in [0.3, 0.4) is 0 Å². The lowest BCUT2D eigenvalue weighted by Gasteiger charge is -2.01. The average Bonchev–Trinajstić information content (AvgIpc) is 2.86. The first kappa shape index (κ1) is 11.4. The van der Waals surface area contributed by atoms with Crippen LogP contribution in [0.2, 0.25) is 0 Å². The van der Waals surface area contributed by atoms with E-state index in [1.807, 2.05) is 37.3 Å². The highest BCUT2D eigenvalue weighted by Crippen LogP contribution is 2.06. The standard InChI is InChI=1S/C13H15N3O/c1-2-9-14-13(17)12-8-10-16(15-12)11-6-4-3-5-7-11/h3-8,10H,2,9H2,1H3,(H,14,17). The monoisotopic (exact) mass is 229 g/mol. The molecule has 0 aliphatic heterocycles. The van der Waals surface area contributed by atoms with Crippen LogP contribution in [0.15, 0.2) is 42.6 Å². The van der Waals surface area contributed by atoms with Crippen molar-refractivity contribution in [3.05, 3.63) is 48.3 Å². The van der Waals surface area contributed by atoms with Crippen LogP contribution in [-0.4, -0.2) is 22.2 Å². The van der Waals surface area contributed by atoms with Gasteiger partial charge in [-0.15, -0.1) is 0 Å². The molecule has 1 N–H and O–H groups in total. The Labute approximate surface area is 100 Å². The van der Waals surface area contributed by atoms with Gasteiger partial charge in [-0.25, -0.2) is 4.68 Å². The number of aromatic nitrogens is 2. The van der Waals surface area contributed by atoms with Crippen molar-refractivity contribution in [1.29, 1.82) is 0 Å². The number of hydrogen-bond donors (Lipinski definition) is 1. The van der Waals surface area contributed by atoms with Gasteiger partial charge in [0, 0.05) is 12.7 Å². The van der Waals surface area contributed by atoms with E-state index in [1.54, 1.807) is 16.9 Å². The minimum absolute atomic E-state index is 0.124. The van der Waals surface area contributed by atoms with Crippen molar-refractivity contribution in [2.75, 3.05) is 6.54 Å². The first-order valence-electron chi connectivity index (χ1n) is 5.70. The van der Waals surface area contributed by atoms with Gasteiger partial charge in [-0.1, -0.05) is 25.1 Å². The molecule has 2 rings (SSSR count). The third kappa shape index (κ3) is 2.72. The summed E-state index contributed by atoms with van der Waals surface area (Å²) in [5, 5.41) is 7.04. The summed E-state index contributed by atoms with van der Waals surface area (Å²) < 4.78 is 1.70. The summed E-state index contributed by atoms with van der Waals surface area (Å²) in [5.74, 6) is -0.124. The van der Waals surface area contributed by atoms with Crippen molar-refractivity contribution in [1.82, 2.24) is 15.1 Å². The summed E-state index contributed by atoms with van der Waals surface area (Å²) in [7, 11) is 0. The molecule has 2 aromatic rings. The van der Waals surface area contributed by atoms with Crippen molar-refractivity contribution in [2.45, 2.75) is 13.3 Å². The van der Waals surface area contributed by atoms with Gasteiger partial charge in [-0.3, -0.25) is 4.79 Å². The van der Waals surface area contributed by atoms with Crippen LogP contribution < -0.4 is 5.32 Å². The van der Waals surface area contributed by atoms with Crippen molar-refractivity contribution in [2.24, 2.45) is 0 Å². The molecule has 88 valence electrons. The lowest BCUT2D eigenvalue weighted by atomic mass is 10.3. The number of amides is 1. The fraction of sp³-hybridized carbons (Fsp3) is 0.231. The maximum Gasteiger partial charge on any atom is 0.271 e. The average molecular weight is 229 g/mol. The maximum absolute atomic E-state index is 11.7. The summed E-state index contributed by atoms with van der Waals surface area (Å²) in [6, 6.07) is 11.4. The molecule has 0 aliphatic carbocycles. The van der Waals surface area contributed by atoms with Gasteiger partial charge in [0.2, 0.25) is 0 Å². The molecular weight excluding hydrogens is 214 g/mol. The van der Waals surface area contributed by atoms with Crippen molar-refractivity contribution < 1.29 is 4.79 Å². The zero-order valence-electron chi connectivity index (χ0n) is 9.76. The minimum atomic E-state index is -0.124. The van der Waals surface area contributed by atoms with Crippen LogP contribution in [0.1, 0.15) is 23.8 Å². The van der Waals surface area contributed by atoms with Crippen LogP contribution in [0.5, 0.6) is 0 Å². The molecule has 1 aromatic heterocycles. The first-order valence-corrected chi connectivity index (χ1v) is 5.70. The maximum atomic E-state index is 11.7. The SMILES string of the molecule is CCCNC(=O)c1ccn(-c2ccccc2)n1. The summed E-state index contributed by atoms with van der Waals surface area (Å²) >= 11 is 0. The lowest BCUT2D eigenvalue weighted by molar-refractivity contribution is 0.0948. The van der Waals surface area contributed by atoms with Gasteiger partial charge in [0.15, 0.2) is 5.69 Å². The Morgan fingerprint density at radius 2 is 2.06 bits per heavy atom. The molecule has 4 nitrogen and oxygen atoms in total. The van der Waals surface area contributed by atoms with E-state index in [2.05, 4.69) is 10.4 Å². The Hall–Kier alpha value is -2.10. The number of para-hydroxylation sites is 1. The largest absolute Gasteiger partial charge is 0.351 e. The van der Waals surface area contributed by atoms with E-state index in [0.29, 0.717) is 12.2 Å². The number of carbonyl (C=O) groups is 1. The van der Waals surface area contributed by atoms with E-state index in [9.17, 15) is 4.79 Å². The van der Waals surface area contributed by atoms with E-state index < -0.39 is 0 Å². The van der Waals surface area contributed by atoms with E-state index in [-0.39, 0.29) is 5.91 Å². The Bertz CT molecular complexity index is 490. The van der Waals surface area contributed by atoms with Crippen LogP contribution in [0.25, 0.3) is 5.69 Å². The molecule has 0 bridgehead atoms. The summed E-state index contributed by atoms with van der Waals surface area (Å²) in [6.07, 6.45) is 2.71. The molecule has 0 fully saturated rings. The Morgan fingerprint density at radius 1 is 1.29 bits per heavy atom. The highest BCUT2D eigenvalue weighted by atomic mass is 16.1. The van der Waals surface area contributed by atoms with Crippen molar-refractivity contribution in [3.63, 3.8) is 0 Å². The molecule has 17 heavy (non-hydrogen) atoms. The van der Waals surface area contributed by atoms with E-state index in [0.717, 1.165) is 12.1 Å². The molecule has 0 unspecified atom stereocenters. The zero-order chi connectivity index (χ0) is 12.1. The Balaban J connectivity index is 2.14. The van der Waals surface area contributed by atoms with E-state index in [1.165, 1.54) is 0 Å². The van der Waals surface area contributed by atoms with Gasteiger partial charge in [-0.05, 0) is 24.6 Å².